The van der Waals surface area contributed by atoms with Gasteiger partial charge < -0.3 is 39.4 Å². The van der Waals surface area contributed by atoms with Crippen molar-refractivity contribution in [1.29, 1.82) is 0 Å². The Morgan fingerprint density at radius 2 is 1.86 bits per heavy atom. The van der Waals surface area contributed by atoms with Crippen molar-refractivity contribution in [2.45, 2.75) is 68.9 Å². The SMILES string of the molecule is O=c1c2ncn([C@H]3C[C@H](O)[C@@H](COP(=O)(S)OC4[C@@H](F)[C@H](n5cc6c7c(ncnc75)NCCC6)O[C@@H]4COP(=O)(O)O)O3)c2ncn1CCO. The molecule has 20 nitrogen and oxygen atoms in total. The Hall–Kier alpha value is -2.85. The lowest BCUT2D eigenvalue weighted by molar-refractivity contribution is -0.0485. The molecule has 24 heteroatoms. The molecule has 50 heavy (non-hydrogen) atoms. The number of alkyl halides is 1. The fraction of sp³-hybridized carbons (Fsp3) is 0.577. The standard InChI is InChI=1S/C26H33FN8O12P2S/c27-19-21(16(9-43-48(39,40)41)46-26(19)34-7-13-2-1-3-28-22-18(13)23(34)30-10-29-22)47-49(42,50)44-8-15-14(37)6-17(45-15)35-12-31-20-24(35)32-11-33(4-5-36)25(20)38/h7,10-12,14-17,19,21,26,36-37H,1-6,8-9H2,(H,42,50)(H,28,29,30)(H2,39,40,41)/t14-,15+,16+,17+,19+,21?,26+,49?/m0/s1. The lowest BCUT2D eigenvalue weighted by Crippen LogP contribution is -2.34. The van der Waals surface area contributed by atoms with Crippen LogP contribution in [0.3, 0.4) is 0 Å². The van der Waals surface area contributed by atoms with Crippen LogP contribution in [-0.4, -0.2) is 111 Å². The van der Waals surface area contributed by atoms with E-state index in [0.717, 1.165) is 12.0 Å². The van der Waals surface area contributed by atoms with Gasteiger partial charge in [-0.15, -0.1) is 0 Å². The number of fused-ring (bicyclic) bond motifs is 1. The molecule has 7 rings (SSSR count). The number of anilines is 1. The van der Waals surface area contributed by atoms with Crippen LogP contribution in [0.5, 0.6) is 0 Å². The lowest BCUT2D eigenvalue weighted by Gasteiger charge is -2.24. The molecule has 3 aliphatic rings. The summed E-state index contributed by atoms with van der Waals surface area (Å²) in [4.78, 5) is 48.2. The third kappa shape index (κ3) is 7.00. The second-order valence-electron chi connectivity index (χ2n) is 11.9. The molecular weight excluding hydrogens is 729 g/mol. The Balaban J connectivity index is 1.06. The highest BCUT2D eigenvalue weighted by Gasteiger charge is 2.51. The molecule has 4 aromatic heterocycles. The van der Waals surface area contributed by atoms with Crippen molar-refractivity contribution < 1.29 is 56.6 Å². The number of thiol groups is 1. The van der Waals surface area contributed by atoms with Crippen LogP contribution >= 0.6 is 26.9 Å². The van der Waals surface area contributed by atoms with Gasteiger partial charge in [-0.2, -0.15) is 0 Å². The molecule has 3 aliphatic heterocycles. The van der Waals surface area contributed by atoms with E-state index < -0.39 is 76.4 Å². The smallest absolute Gasteiger partial charge is 0.395 e. The highest BCUT2D eigenvalue weighted by Crippen LogP contribution is 2.57. The van der Waals surface area contributed by atoms with E-state index >= 15 is 4.39 Å². The van der Waals surface area contributed by atoms with Gasteiger partial charge in [0, 0.05) is 19.2 Å². The number of nitrogens with one attached hydrogen (secondary N) is 1. The van der Waals surface area contributed by atoms with Gasteiger partial charge in [0.25, 0.3) is 5.56 Å². The topological polar surface area (TPSA) is 257 Å². The fourth-order valence-corrected chi connectivity index (χ4v) is 8.15. The van der Waals surface area contributed by atoms with Crippen LogP contribution in [0.1, 0.15) is 30.9 Å². The minimum absolute atomic E-state index is 0.0126. The van der Waals surface area contributed by atoms with Gasteiger partial charge in [0.1, 0.15) is 48.7 Å². The van der Waals surface area contributed by atoms with Crippen molar-refractivity contribution in [2.75, 3.05) is 31.7 Å². The molecule has 5 N–H and O–H groups in total. The van der Waals surface area contributed by atoms with Gasteiger partial charge in [-0.05, 0) is 18.4 Å². The van der Waals surface area contributed by atoms with Gasteiger partial charge in [-0.3, -0.25) is 27.5 Å². The molecule has 0 spiro atoms. The van der Waals surface area contributed by atoms with Crippen molar-refractivity contribution in [3.8, 4) is 0 Å². The third-order valence-electron chi connectivity index (χ3n) is 8.61. The molecule has 0 aromatic carbocycles. The van der Waals surface area contributed by atoms with Gasteiger partial charge in [0.05, 0.1) is 44.2 Å². The summed E-state index contributed by atoms with van der Waals surface area (Å²) in [6, 6.07) is 0. The summed E-state index contributed by atoms with van der Waals surface area (Å²) < 4.78 is 72.7. The number of phosphoric acid groups is 1. The van der Waals surface area contributed by atoms with Gasteiger partial charge in [0.2, 0.25) is 0 Å². The van der Waals surface area contributed by atoms with E-state index in [4.69, 9.17) is 23.6 Å². The largest absolute Gasteiger partial charge is 0.469 e. The molecule has 2 fully saturated rings. The van der Waals surface area contributed by atoms with Crippen LogP contribution in [0, 0.1) is 0 Å². The number of imidazole rings is 1. The average Bonchev–Trinajstić information content (AvgIpc) is 3.79. The molecule has 2 saturated heterocycles. The molecule has 0 aliphatic carbocycles. The maximum Gasteiger partial charge on any atom is 0.469 e. The second-order valence-corrected chi connectivity index (χ2v) is 16.0. The van der Waals surface area contributed by atoms with E-state index in [1.165, 1.54) is 32.7 Å². The molecule has 8 atom stereocenters. The first kappa shape index (κ1) is 35.5. The maximum atomic E-state index is 16.3. The van der Waals surface area contributed by atoms with E-state index in [1.807, 2.05) is 0 Å². The Bertz CT molecular complexity index is 2040. The Morgan fingerprint density at radius 3 is 2.64 bits per heavy atom. The molecule has 0 bridgehead atoms. The highest BCUT2D eigenvalue weighted by atomic mass is 32.7. The molecular formula is C26H33FN8O12P2S. The number of ether oxygens (including phenoxy) is 2. The zero-order valence-corrected chi connectivity index (χ0v) is 28.6. The number of hydrogen-bond donors (Lipinski definition) is 6. The summed E-state index contributed by atoms with van der Waals surface area (Å²) in [5, 5.41) is 23.8. The van der Waals surface area contributed by atoms with Crippen LogP contribution in [0.4, 0.5) is 10.2 Å². The zero-order chi connectivity index (χ0) is 35.4. The summed E-state index contributed by atoms with van der Waals surface area (Å²) in [6.45, 7) is -5.40. The summed E-state index contributed by atoms with van der Waals surface area (Å²) in [6.07, 6.45) is -2.87. The number of nitrogens with zero attached hydrogens (tertiary/aromatic N) is 7. The van der Waals surface area contributed by atoms with Crippen LogP contribution in [-0.2, 0) is 45.1 Å². The normalized spacial score (nSPS) is 28.2. The van der Waals surface area contributed by atoms with E-state index in [2.05, 4.69) is 42.0 Å². The fourth-order valence-electron chi connectivity index (χ4n) is 6.32. The number of rotatable bonds is 12. The minimum Gasteiger partial charge on any atom is -0.395 e. The van der Waals surface area contributed by atoms with Crippen LogP contribution in [0.25, 0.3) is 22.2 Å². The summed E-state index contributed by atoms with van der Waals surface area (Å²) in [5.41, 5.74) is 0.903. The number of aryl methyl sites for hydroxylation is 1. The van der Waals surface area contributed by atoms with Crippen LogP contribution in [0.15, 0.2) is 30.0 Å². The van der Waals surface area contributed by atoms with E-state index in [-0.39, 0.29) is 30.7 Å². The number of phosphoric ester groups is 1. The van der Waals surface area contributed by atoms with Crippen LogP contribution < -0.4 is 10.9 Å². The third-order valence-corrected chi connectivity index (χ3v) is 10.7. The Kier molecular flexibility index (Phi) is 9.91. The summed E-state index contributed by atoms with van der Waals surface area (Å²) >= 11 is 4.01. The summed E-state index contributed by atoms with van der Waals surface area (Å²) in [7, 11) is -5.03. The van der Waals surface area contributed by atoms with E-state index in [0.29, 0.717) is 29.8 Å². The molecule has 7 heterocycles. The van der Waals surface area contributed by atoms with Gasteiger partial charge >= 0.3 is 14.6 Å². The van der Waals surface area contributed by atoms with Crippen LogP contribution in [0.2, 0.25) is 0 Å². The highest BCUT2D eigenvalue weighted by molar-refractivity contribution is 8.44. The Morgan fingerprint density at radius 1 is 1.06 bits per heavy atom. The van der Waals surface area contributed by atoms with Crippen molar-refractivity contribution in [3.05, 3.63) is 41.1 Å². The van der Waals surface area contributed by atoms with Gasteiger partial charge in [0.15, 0.2) is 23.6 Å². The van der Waals surface area contributed by atoms with Crippen molar-refractivity contribution in [3.63, 3.8) is 0 Å². The first-order valence-corrected chi connectivity index (χ1v) is 19.7. The van der Waals surface area contributed by atoms with Crippen molar-refractivity contribution in [2.24, 2.45) is 0 Å². The number of aromatic nitrogens is 7. The zero-order valence-electron chi connectivity index (χ0n) is 25.9. The van der Waals surface area contributed by atoms with Crippen molar-refractivity contribution >= 4 is 54.9 Å². The predicted octanol–water partition coefficient (Wildman–Crippen LogP) is 0.821. The molecule has 0 amide bonds. The first-order chi connectivity index (χ1) is 23.8. The molecule has 2 unspecified atom stereocenters. The molecule has 272 valence electrons. The minimum atomic E-state index is -5.03. The molecule has 0 saturated carbocycles. The lowest BCUT2D eigenvalue weighted by atomic mass is 10.1. The first-order valence-electron chi connectivity index (χ1n) is 15.4. The van der Waals surface area contributed by atoms with Gasteiger partial charge in [-0.25, -0.2) is 33.5 Å². The monoisotopic (exact) mass is 762 g/mol. The quantitative estimate of drug-likeness (QED) is 0.0863. The number of aliphatic hydroxyl groups is 2. The number of halogens is 1. The van der Waals surface area contributed by atoms with Crippen molar-refractivity contribution in [1.82, 2.24) is 33.6 Å². The second kappa shape index (κ2) is 13.9. The Labute approximate surface area is 286 Å². The average molecular weight is 763 g/mol. The van der Waals surface area contributed by atoms with Gasteiger partial charge in [-0.1, -0.05) is 12.2 Å². The molecule has 0 radical (unpaired) electrons. The maximum absolute atomic E-state index is 16.3. The number of hydrogen-bond acceptors (Lipinski definition) is 15. The number of aliphatic hydroxyl groups excluding tert-OH is 2. The van der Waals surface area contributed by atoms with E-state index in [1.54, 1.807) is 6.20 Å². The summed E-state index contributed by atoms with van der Waals surface area (Å²) in [5.74, 6) is 0.564. The van der Waals surface area contributed by atoms with E-state index in [9.17, 15) is 28.8 Å². The predicted molar refractivity (Wildman–Crippen MR) is 172 cm³/mol. The molecule has 4 aromatic rings.